The van der Waals surface area contributed by atoms with Gasteiger partial charge in [-0.15, -0.1) is 5.10 Å². The van der Waals surface area contributed by atoms with Crippen LogP contribution in [-0.2, 0) is 9.53 Å². The Bertz CT molecular complexity index is 675. The predicted molar refractivity (Wildman–Crippen MR) is 82.0 cm³/mol. The molecule has 1 aromatic carbocycles. The monoisotopic (exact) mass is 366 g/mol. The van der Waals surface area contributed by atoms with Crippen LogP contribution in [0.2, 0.25) is 0 Å². The molecule has 0 amide bonds. The van der Waals surface area contributed by atoms with Gasteiger partial charge in [-0.2, -0.15) is 4.68 Å². The van der Waals surface area contributed by atoms with Gasteiger partial charge in [0.15, 0.2) is 6.61 Å². The summed E-state index contributed by atoms with van der Waals surface area (Å²) in [5.41, 5.74) is 0.874. The van der Waals surface area contributed by atoms with Crippen LogP contribution >= 0.6 is 27.7 Å². The molecule has 1 aromatic heterocycles. The van der Waals surface area contributed by atoms with E-state index in [9.17, 15) is 4.79 Å². The van der Waals surface area contributed by atoms with Crippen LogP contribution in [0.1, 0.15) is 6.92 Å². The molecule has 0 unspecified atom stereocenters. The molecule has 0 radical (unpaired) electrons. The number of esters is 1. The summed E-state index contributed by atoms with van der Waals surface area (Å²) in [7, 11) is 0. The average molecular weight is 367 g/mol. The van der Waals surface area contributed by atoms with Crippen LogP contribution in [0.4, 0.5) is 0 Å². The van der Waals surface area contributed by atoms with E-state index in [2.05, 4.69) is 43.3 Å². The first-order valence-corrected chi connectivity index (χ1v) is 7.71. The molecule has 0 saturated carbocycles. The van der Waals surface area contributed by atoms with E-state index in [4.69, 9.17) is 4.74 Å². The summed E-state index contributed by atoms with van der Waals surface area (Å²) in [5, 5.41) is 12.2. The maximum atomic E-state index is 10.6. The maximum absolute atomic E-state index is 10.6. The number of carbonyl (C=O) groups excluding carboxylic acids is 1. The molecule has 2 aromatic rings. The second kappa shape index (κ2) is 7.81. The van der Waals surface area contributed by atoms with Crippen LogP contribution in [0.3, 0.4) is 0 Å². The molecule has 0 atom stereocenters. The van der Waals surface area contributed by atoms with Gasteiger partial charge in [-0.3, -0.25) is 4.79 Å². The minimum atomic E-state index is -0.337. The number of hydrogen-bond donors (Lipinski definition) is 0. The molecule has 6 nitrogen and oxygen atoms in total. The van der Waals surface area contributed by atoms with Crippen molar-refractivity contribution in [3.05, 3.63) is 28.7 Å². The van der Waals surface area contributed by atoms with E-state index in [0.29, 0.717) is 10.9 Å². The zero-order valence-corrected chi connectivity index (χ0v) is 13.5. The number of hydrogen-bond acceptors (Lipinski definition) is 6. The average Bonchev–Trinajstić information content (AvgIpc) is 2.91. The van der Waals surface area contributed by atoms with Crippen molar-refractivity contribution in [2.75, 3.05) is 12.4 Å². The molecule has 8 heteroatoms. The topological polar surface area (TPSA) is 69.9 Å². The molecule has 0 aliphatic rings. The molecule has 0 bridgehead atoms. The van der Waals surface area contributed by atoms with E-state index in [1.54, 1.807) is 4.68 Å². The van der Waals surface area contributed by atoms with Crippen molar-refractivity contribution in [1.29, 1.82) is 0 Å². The highest BCUT2D eigenvalue weighted by molar-refractivity contribution is 9.10. The largest absolute Gasteiger partial charge is 0.453 e. The maximum Gasteiger partial charge on any atom is 0.303 e. The quantitative estimate of drug-likeness (QED) is 0.468. The Morgan fingerprint density at radius 1 is 1.38 bits per heavy atom. The summed E-state index contributed by atoms with van der Waals surface area (Å²) in [6.45, 7) is 1.45. The number of benzene rings is 1. The van der Waals surface area contributed by atoms with Gasteiger partial charge in [0.1, 0.15) is 0 Å². The number of nitrogens with zero attached hydrogens (tertiary/aromatic N) is 4. The summed E-state index contributed by atoms with van der Waals surface area (Å²) in [4.78, 5) is 10.6. The first-order chi connectivity index (χ1) is 10.2. The van der Waals surface area contributed by atoms with E-state index >= 15 is 0 Å². The second-order valence-corrected chi connectivity index (χ2v) is 5.63. The Morgan fingerprint density at radius 2 is 2.14 bits per heavy atom. The van der Waals surface area contributed by atoms with Gasteiger partial charge in [-0.1, -0.05) is 39.5 Å². The molecule has 0 saturated heterocycles. The SMILES string of the molecule is CC(=O)OCC#CCSc1nnnn1-c1ccc(Br)cc1. The zero-order valence-electron chi connectivity index (χ0n) is 11.1. The first-order valence-electron chi connectivity index (χ1n) is 5.93. The molecule has 2 rings (SSSR count). The van der Waals surface area contributed by atoms with Gasteiger partial charge >= 0.3 is 5.97 Å². The van der Waals surface area contributed by atoms with Crippen LogP contribution in [-0.4, -0.2) is 38.5 Å². The minimum Gasteiger partial charge on any atom is -0.453 e. The molecule has 108 valence electrons. The third-order valence-corrected chi connectivity index (χ3v) is 3.59. The summed E-state index contributed by atoms with van der Waals surface area (Å²) in [5.74, 6) is 5.81. The van der Waals surface area contributed by atoms with Crippen LogP contribution in [0.25, 0.3) is 5.69 Å². The van der Waals surface area contributed by atoms with Gasteiger partial charge in [0.2, 0.25) is 5.16 Å². The normalized spacial score (nSPS) is 9.81. The van der Waals surface area contributed by atoms with Crippen molar-refractivity contribution in [1.82, 2.24) is 20.2 Å². The Balaban J connectivity index is 1.95. The molecule has 0 fully saturated rings. The van der Waals surface area contributed by atoms with Gasteiger partial charge in [0.25, 0.3) is 0 Å². The van der Waals surface area contributed by atoms with Crippen molar-refractivity contribution in [2.24, 2.45) is 0 Å². The van der Waals surface area contributed by atoms with Crippen LogP contribution < -0.4 is 0 Å². The third-order valence-electron chi connectivity index (χ3n) is 2.26. The Morgan fingerprint density at radius 3 is 2.86 bits per heavy atom. The Hall–Kier alpha value is -1.85. The van der Waals surface area contributed by atoms with Crippen molar-refractivity contribution >= 4 is 33.7 Å². The van der Waals surface area contributed by atoms with E-state index in [0.717, 1.165) is 10.2 Å². The van der Waals surface area contributed by atoms with Gasteiger partial charge < -0.3 is 4.74 Å². The summed E-state index contributed by atoms with van der Waals surface area (Å²) >= 11 is 4.80. The lowest BCUT2D eigenvalue weighted by atomic mass is 10.3. The van der Waals surface area contributed by atoms with E-state index in [1.165, 1.54) is 18.7 Å². The molecule has 0 aliphatic heterocycles. The van der Waals surface area contributed by atoms with Crippen LogP contribution in [0, 0.1) is 11.8 Å². The van der Waals surface area contributed by atoms with Crippen molar-refractivity contribution in [2.45, 2.75) is 12.1 Å². The van der Waals surface area contributed by atoms with Gasteiger partial charge in [-0.05, 0) is 34.7 Å². The fourth-order valence-corrected chi connectivity index (χ4v) is 2.28. The van der Waals surface area contributed by atoms with Crippen molar-refractivity contribution < 1.29 is 9.53 Å². The third kappa shape index (κ3) is 4.88. The molecule has 0 spiro atoms. The molecule has 0 N–H and O–H groups in total. The minimum absolute atomic E-state index is 0.105. The summed E-state index contributed by atoms with van der Waals surface area (Å²) < 4.78 is 7.35. The van der Waals surface area contributed by atoms with E-state index < -0.39 is 0 Å². The van der Waals surface area contributed by atoms with Crippen molar-refractivity contribution in [3.8, 4) is 17.5 Å². The number of rotatable bonds is 4. The highest BCUT2D eigenvalue weighted by atomic mass is 79.9. The smallest absolute Gasteiger partial charge is 0.303 e. The summed E-state index contributed by atoms with van der Waals surface area (Å²) in [6.07, 6.45) is 0. The Labute approximate surface area is 134 Å². The fraction of sp³-hybridized carbons (Fsp3) is 0.231. The molecule has 1 heterocycles. The van der Waals surface area contributed by atoms with Crippen LogP contribution in [0.5, 0.6) is 0 Å². The highest BCUT2D eigenvalue weighted by Crippen LogP contribution is 2.19. The lowest BCUT2D eigenvalue weighted by molar-refractivity contribution is -0.139. The molecule has 0 aliphatic carbocycles. The van der Waals surface area contributed by atoms with Crippen molar-refractivity contribution in [3.63, 3.8) is 0 Å². The number of thioether (sulfide) groups is 1. The van der Waals surface area contributed by atoms with E-state index in [1.807, 2.05) is 24.3 Å². The number of tetrazole rings is 1. The number of carbonyl (C=O) groups is 1. The number of halogens is 1. The summed E-state index contributed by atoms with van der Waals surface area (Å²) in [6, 6.07) is 7.67. The van der Waals surface area contributed by atoms with Gasteiger partial charge in [-0.25, -0.2) is 0 Å². The number of ether oxygens (including phenoxy) is 1. The Kier molecular flexibility index (Phi) is 5.78. The van der Waals surface area contributed by atoms with E-state index in [-0.39, 0.29) is 12.6 Å². The van der Waals surface area contributed by atoms with Crippen LogP contribution in [0.15, 0.2) is 33.9 Å². The standard InChI is InChI=1S/C13H11BrN4O2S/c1-10(19)20-8-2-3-9-21-13-15-16-17-18(13)12-6-4-11(14)5-7-12/h4-7H,8-9H2,1H3. The van der Waals surface area contributed by atoms with Gasteiger partial charge in [0, 0.05) is 11.4 Å². The molecular formula is C13H11BrN4O2S. The lowest BCUT2D eigenvalue weighted by Gasteiger charge is -2.02. The first kappa shape index (κ1) is 15.5. The molecule has 21 heavy (non-hydrogen) atoms. The second-order valence-electron chi connectivity index (χ2n) is 3.77. The highest BCUT2D eigenvalue weighted by Gasteiger charge is 2.07. The van der Waals surface area contributed by atoms with Gasteiger partial charge in [0.05, 0.1) is 11.4 Å². The molecular weight excluding hydrogens is 356 g/mol. The number of aromatic nitrogens is 4. The predicted octanol–water partition coefficient (Wildman–Crippen LogP) is 2.08. The zero-order chi connectivity index (χ0) is 15.1. The fourth-order valence-electron chi connectivity index (χ4n) is 1.35. The lowest BCUT2D eigenvalue weighted by Crippen LogP contribution is -1.99.